The molecule has 0 saturated heterocycles. The van der Waals surface area contributed by atoms with Crippen molar-refractivity contribution in [2.75, 3.05) is 11.9 Å². The first kappa shape index (κ1) is 18.5. The SMILES string of the molecule is CCOC(=O)N[C@@H](CC(=O)Nc1ccc(C)cc1C)c1ccccc1. The van der Waals surface area contributed by atoms with Gasteiger partial charge in [0.2, 0.25) is 5.91 Å². The van der Waals surface area contributed by atoms with E-state index in [2.05, 4.69) is 10.6 Å². The number of amides is 2. The summed E-state index contributed by atoms with van der Waals surface area (Å²) in [5, 5.41) is 5.66. The van der Waals surface area contributed by atoms with E-state index in [1.54, 1.807) is 6.92 Å². The maximum atomic E-state index is 12.5. The lowest BCUT2D eigenvalue weighted by Crippen LogP contribution is -2.32. The van der Waals surface area contributed by atoms with Crippen molar-refractivity contribution >= 4 is 17.7 Å². The zero-order chi connectivity index (χ0) is 18.2. The molecule has 2 aromatic carbocycles. The number of nitrogens with one attached hydrogen (secondary N) is 2. The molecule has 0 bridgehead atoms. The van der Waals surface area contributed by atoms with Gasteiger partial charge >= 0.3 is 6.09 Å². The Labute approximate surface area is 148 Å². The summed E-state index contributed by atoms with van der Waals surface area (Å²) >= 11 is 0. The van der Waals surface area contributed by atoms with Gasteiger partial charge in [0.1, 0.15) is 0 Å². The largest absolute Gasteiger partial charge is 0.450 e. The first-order valence-corrected chi connectivity index (χ1v) is 8.35. The molecule has 0 saturated carbocycles. The first-order valence-electron chi connectivity index (χ1n) is 8.35. The monoisotopic (exact) mass is 340 g/mol. The molecule has 2 aromatic rings. The molecular formula is C20H24N2O3. The van der Waals surface area contributed by atoms with Gasteiger partial charge in [0, 0.05) is 5.69 Å². The summed E-state index contributed by atoms with van der Waals surface area (Å²) in [6.45, 7) is 5.98. The van der Waals surface area contributed by atoms with E-state index in [4.69, 9.17) is 4.74 Å². The molecule has 0 spiro atoms. The van der Waals surface area contributed by atoms with Gasteiger partial charge in [0.05, 0.1) is 19.1 Å². The van der Waals surface area contributed by atoms with Gasteiger partial charge in [-0.05, 0) is 38.0 Å². The van der Waals surface area contributed by atoms with Crippen molar-refractivity contribution in [2.45, 2.75) is 33.2 Å². The van der Waals surface area contributed by atoms with E-state index in [1.165, 1.54) is 0 Å². The van der Waals surface area contributed by atoms with E-state index in [0.29, 0.717) is 0 Å². The zero-order valence-corrected chi connectivity index (χ0v) is 14.8. The number of ether oxygens (including phenoxy) is 1. The van der Waals surface area contributed by atoms with Crippen molar-refractivity contribution in [3.05, 3.63) is 65.2 Å². The minimum absolute atomic E-state index is 0.121. The van der Waals surface area contributed by atoms with Crippen LogP contribution in [0.15, 0.2) is 48.5 Å². The highest BCUT2D eigenvalue weighted by molar-refractivity contribution is 5.92. The van der Waals surface area contributed by atoms with Gasteiger partial charge in [-0.3, -0.25) is 4.79 Å². The lowest BCUT2D eigenvalue weighted by atomic mass is 10.0. The first-order chi connectivity index (χ1) is 12.0. The Balaban J connectivity index is 2.09. The second-order valence-corrected chi connectivity index (χ2v) is 5.90. The summed E-state index contributed by atoms with van der Waals surface area (Å²) in [4.78, 5) is 24.3. The predicted octanol–water partition coefficient (Wildman–Crippen LogP) is 4.12. The predicted molar refractivity (Wildman–Crippen MR) is 98.5 cm³/mol. The molecule has 5 heteroatoms. The number of benzene rings is 2. The molecule has 2 rings (SSSR count). The Hall–Kier alpha value is -2.82. The van der Waals surface area contributed by atoms with E-state index in [-0.39, 0.29) is 18.9 Å². The number of carbonyl (C=O) groups excluding carboxylic acids is 2. The lowest BCUT2D eigenvalue weighted by Gasteiger charge is -2.19. The fraction of sp³-hybridized carbons (Fsp3) is 0.300. The Morgan fingerprint density at radius 1 is 1.08 bits per heavy atom. The Morgan fingerprint density at radius 3 is 2.44 bits per heavy atom. The van der Waals surface area contributed by atoms with Gasteiger partial charge in [-0.15, -0.1) is 0 Å². The van der Waals surface area contributed by atoms with Crippen LogP contribution in [0.3, 0.4) is 0 Å². The summed E-state index contributed by atoms with van der Waals surface area (Å²) < 4.78 is 4.94. The molecule has 132 valence electrons. The number of carbonyl (C=O) groups is 2. The molecule has 0 radical (unpaired) electrons. The van der Waals surface area contributed by atoms with Gasteiger partial charge < -0.3 is 15.4 Å². The van der Waals surface area contributed by atoms with Crippen LogP contribution in [0.25, 0.3) is 0 Å². The van der Waals surface area contributed by atoms with Crippen molar-refractivity contribution in [3.63, 3.8) is 0 Å². The molecular weight excluding hydrogens is 316 g/mol. The third-order valence-corrected chi connectivity index (χ3v) is 3.81. The molecule has 0 aliphatic carbocycles. The van der Waals surface area contributed by atoms with E-state index >= 15 is 0 Å². The third-order valence-electron chi connectivity index (χ3n) is 3.81. The maximum Gasteiger partial charge on any atom is 0.407 e. The maximum absolute atomic E-state index is 12.5. The molecule has 0 fully saturated rings. The average Bonchev–Trinajstić information content (AvgIpc) is 2.58. The van der Waals surface area contributed by atoms with Crippen molar-refractivity contribution in [2.24, 2.45) is 0 Å². The second-order valence-electron chi connectivity index (χ2n) is 5.90. The fourth-order valence-corrected chi connectivity index (χ4v) is 2.59. The van der Waals surface area contributed by atoms with Gasteiger partial charge in [0.15, 0.2) is 0 Å². The summed E-state index contributed by atoms with van der Waals surface area (Å²) in [7, 11) is 0. The molecule has 2 N–H and O–H groups in total. The van der Waals surface area contributed by atoms with E-state index in [1.807, 2.05) is 62.4 Å². The van der Waals surface area contributed by atoms with Crippen molar-refractivity contribution in [3.8, 4) is 0 Å². The highest BCUT2D eigenvalue weighted by atomic mass is 16.5. The Morgan fingerprint density at radius 2 is 1.80 bits per heavy atom. The van der Waals surface area contributed by atoms with Gasteiger partial charge in [0.25, 0.3) is 0 Å². The van der Waals surface area contributed by atoms with E-state index < -0.39 is 12.1 Å². The minimum atomic E-state index is -0.532. The molecule has 0 aliphatic rings. The summed E-state index contributed by atoms with van der Waals surface area (Å²) in [6.07, 6.45) is -0.411. The number of anilines is 1. The fourth-order valence-electron chi connectivity index (χ4n) is 2.59. The van der Waals surface area contributed by atoms with Gasteiger partial charge in [-0.25, -0.2) is 4.79 Å². The molecule has 0 unspecified atom stereocenters. The molecule has 0 heterocycles. The second kappa shape index (κ2) is 8.87. The van der Waals surface area contributed by atoms with Gasteiger partial charge in [-0.1, -0.05) is 48.0 Å². The van der Waals surface area contributed by atoms with Gasteiger partial charge in [-0.2, -0.15) is 0 Å². The average molecular weight is 340 g/mol. The van der Waals surface area contributed by atoms with Crippen LogP contribution in [0.4, 0.5) is 10.5 Å². The van der Waals surface area contributed by atoms with Crippen LogP contribution in [0.1, 0.15) is 36.1 Å². The molecule has 5 nitrogen and oxygen atoms in total. The van der Waals surface area contributed by atoms with Crippen molar-refractivity contribution in [1.82, 2.24) is 5.32 Å². The van der Waals surface area contributed by atoms with Crippen LogP contribution >= 0.6 is 0 Å². The van der Waals surface area contributed by atoms with Crippen LogP contribution in [-0.2, 0) is 9.53 Å². The number of hydrogen-bond donors (Lipinski definition) is 2. The number of rotatable bonds is 6. The van der Waals surface area contributed by atoms with E-state index in [9.17, 15) is 9.59 Å². The van der Waals surface area contributed by atoms with Crippen LogP contribution < -0.4 is 10.6 Å². The van der Waals surface area contributed by atoms with E-state index in [0.717, 1.165) is 22.4 Å². The topological polar surface area (TPSA) is 67.4 Å². The van der Waals surface area contributed by atoms with Crippen LogP contribution in [0.5, 0.6) is 0 Å². The minimum Gasteiger partial charge on any atom is -0.450 e. The highest BCUT2D eigenvalue weighted by Gasteiger charge is 2.19. The Kier molecular flexibility index (Phi) is 6.57. The zero-order valence-electron chi connectivity index (χ0n) is 14.8. The standard InChI is InChI=1S/C20H24N2O3/c1-4-25-20(24)22-18(16-8-6-5-7-9-16)13-19(23)21-17-11-10-14(2)12-15(17)3/h5-12,18H,4,13H2,1-3H3,(H,21,23)(H,22,24)/t18-/m0/s1. The molecule has 25 heavy (non-hydrogen) atoms. The summed E-state index contributed by atoms with van der Waals surface area (Å²) in [6, 6.07) is 14.8. The molecule has 0 aliphatic heterocycles. The number of hydrogen-bond acceptors (Lipinski definition) is 3. The van der Waals surface area contributed by atoms with Crippen LogP contribution in [0.2, 0.25) is 0 Å². The normalized spacial score (nSPS) is 11.5. The Bertz CT molecular complexity index is 729. The molecule has 0 aromatic heterocycles. The quantitative estimate of drug-likeness (QED) is 0.831. The lowest BCUT2D eigenvalue weighted by molar-refractivity contribution is -0.116. The number of alkyl carbamates (subject to hydrolysis) is 1. The third kappa shape index (κ3) is 5.64. The van der Waals surface area contributed by atoms with Crippen molar-refractivity contribution < 1.29 is 14.3 Å². The van der Waals surface area contributed by atoms with Crippen molar-refractivity contribution in [1.29, 1.82) is 0 Å². The van der Waals surface area contributed by atoms with Crippen LogP contribution in [0, 0.1) is 13.8 Å². The smallest absolute Gasteiger partial charge is 0.407 e. The number of aryl methyl sites for hydroxylation is 2. The van der Waals surface area contributed by atoms with Crippen LogP contribution in [-0.4, -0.2) is 18.6 Å². The molecule has 1 atom stereocenters. The highest BCUT2D eigenvalue weighted by Crippen LogP contribution is 2.20. The summed E-state index contributed by atoms with van der Waals surface area (Å²) in [5.41, 5.74) is 3.77. The molecule has 2 amide bonds. The summed E-state index contributed by atoms with van der Waals surface area (Å²) in [5.74, 6) is -0.169.